The van der Waals surface area contributed by atoms with Gasteiger partial charge in [0.15, 0.2) is 0 Å². The van der Waals surface area contributed by atoms with Gasteiger partial charge in [-0.1, -0.05) is 49.6 Å². The molecule has 0 aromatic heterocycles. The van der Waals surface area contributed by atoms with Crippen LogP contribution < -0.4 is 0 Å². The second-order valence-corrected chi connectivity index (χ2v) is 6.60. The van der Waals surface area contributed by atoms with Crippen molar-refractivity contribution in [3.63, 3.8) is 0 Å². The van der Waals surface area contributed by atoms with Crippen LogP contribution in [0.2, 0.25) is 0 Å². The van der Waals surface area contributed by atoms with Gasteiger partial charge in [0.1, 0.15) is 6.61 Å². The fourth-order valence-corrected chi connectivity index (χ4v) is 3.75. The van der Waals surface area contributed by atoms with Gasteiger partial charge in [0.05, 0.1) is 18.6 Å². The van der Waals surface area contributed by atoms with E-state index in [1.54, 1.807) is 0 Å². The number of esters is 1. The van der Waals surface area contributed by atoms with Crippen molar-refractivity contribution in [2.24, 2.45) is 0 Å². The lowest BCUT2D eigenvalue weighted by Gasteiger charge is -2.35. The lowest BCUT2D eigenvalue weighted by Crippen LogP contribution is -2.42. The molecule has 1 saturated heterocycles. The van der Waals surface area contributed by atoms with Crippen molar-refractivity contribution < 1.29 is 14.3 Å². The number of halogens is 2. The predicted molar refractivity (Wildman–Crippen MR) is 104 cm³/mol. The maximum Gasteiger partial charge on any atom is 0.316 e. The van der Waals surface area contributed by atoms with Crippen LogP contribution in [0.15, 0.2) is 30.3 Å². The van der Waals surface area contributed by atoms with Crippen LogP contribution in [0.1, 0.15) is 37.7 Å². The van der Waals surface area contributed by atoms with Crippen LogP contribution in [0, 0.1) is 0 Å². The van der Waals surface area contributed by atoms with Gasteiger partial charge in [-0.25, -0.2) is 0 Å². The highest BCUT2D eigenvalue weighted by Gasteiger charge is 2.42. The molecule has 2 aliphatic rings. The van der Waals surface area contributed by atoms with Crippen LogP contribution in [-0.2, 0) is 19.7 Å². The average molecular weight is 390 g/mol. The van der Waals surface area contributed by atoms with Crippen LogP contribution in [0.5, 0.6) is 0 Å². The Morgan fingerprint density at radius 1 is 1.04 bits per heavy atom. The topological polar surface area (TPSA) is 38.8 Å². The van der Waals surface area contributed by atoms with Crippen molar-refractivity contribution in [2.45, 2.75) is 37.5 Å². The third-order valence-corrected chi connectivity index (χ3v) is 5.17. The molecule has 2 fully saturated rings. The second-order valence-electron chi connectivity index (χ2n) is 6.60. The minimum absolute atomic E-state index is 0. The van der Waals surface area contributed by atoms with Gasteiger partial charge in [0, 0.05) is 19.6 Å². The first-order valence-corrected chi connectivity index (χ1v) is 8.84. The van der Waals surface area contributed by atoms with Crippen molar-refractivity contribution in [1.82, 2.24) is 4.90 Å². The molecule has 6 heteroatoms. The van der Waals surface area contributed by atoms with E-state index in [0.717, 1.165) is 64.1 Å². The minimum Gasteiger partial charge on any atom is -0.464 e. The Balaban J connectivity index is 0.00000156. The number of rotatable bonds is 5. The third kappa shape index (κ3) is 5.58. The molecule has 1 aromatic rings. The number of carbonyl (C=O) groups excluding carboxylic acids is 1. The molecule has 0 bridgehead atoms. The van der Waals surface area contributed by atoms with Gasteiger partial charge in [0.25, 0.3) is 0 Å². The molecule has 3 rings (SSSR count). The van der Waals surface area contributed by atoms with E-state index in [1.807, 2.05) is 18.2 Å². The lowest BCUT2D eigenvalue weighted by molar-refractivity contribution is -0.153. The molecule has 1 aliphatic carbocycles. The summed E-state index contributed by atoms with van der Waals surface area (Å²) in [6.45, 7) is 4.71. The number of hydrogen-bond donors (Lipinski definition) is 0. The Labute approximate surface area is 163 Å². The molecule has 0 atom stereocenters. The summed E-state index contributed by atoms with van der Waals surface area (Å²) in [7, 11) is 0. The van der Waals surface area contributed by atoms with Crippen molar-refractivity contribution in [2.75, 3.05) is 39.5 Å². The quantitative estimate of drug-likeness (QED) is 0.720. The van der Waals surface area contributed by atoms with Crippen LogP contribution in [0.25, 0.3) is 0 Å². The van der Waals surface area contributed by atoms with E-state index >= 15 is 0 Å². The van der Waals surface area contributed by atoms with Crippen molar-refractivity contribution in [3.05, 3.63) is 35.9 Å². The first kappa shape index (κ1) is 22.2. The highest BCUT2D eigenvalue weighted by atomic mass is 35.5. The monoisotopic (exact) mass is 389 g/mol. The zero-order chi connectivity index (χ0) is 16.0. The molecule has 1 aromatic carbocycles. The Morgan fingerprint density at radius 3 is 2.32 bits per heavy atom. The average Bonchev–Trinajstić information content (AvgIpc) is 2.64. The number of morpholine rings is 1. The number of nitrogens with zero attached hydrogens (tertiary/aromatic N) is 1. The van der Waals surface area contributed by atoms with Crippen LogP contribution in [0.4, 0.5) is 0 Å². The Bertz CT molecular complexity index is 501. The standard InChI is InChI=1S/C19H27NO3.2ClH/c21-18(23-16-13-20-11-14-22-15-12-20)19(9-5-2-6-10-19)17-7-3-1-4-8-17;;/h1,3-4,7-8H,2,5-6,9-16H2;2*1H. The fraction of sp³-hybridized carbons (Fsp3) is 0.632. The third-order valence-electron chi connectivity index (χ3n) is 5.17. The highest BCUT2D eigenvalue weighted by Crippen LogP contribution is 2.40. The Hall–Kier alpha value is -0.810. The number of hydrogen-bond acceptors (Lipinski definition) is 4. The summed E-state index contributed by atoms with van der Waals surface area (Å²) < 4.78 is 11.1. The fourth-order valence-electron chi connectivity index (χ4n) is 3.75. The number of benzene rings is 1. The molecule has 25 heavy (non-hydrogen) atoms. The first-order chi connectivity index (χ1) is 11.3. The molecular weight excluding hydrogens is 361 g/mol. The maximum absolute atomic E-state index is 12.9. The highest BCUT2D eigenvalue weighted by molar-refractivity contribution is 5.85. The van der Waals surface area contributed by atoms with Crippen LogP contribution in [-0.4, -0.2) is 50.3 Å². The SMILES string of the molecule is Cl.Cl.O=C(OCCN1CCOCC1)C1(c2ccccc2)CCCCC1. The van der Waals surface area contributed by atoms with Crippen LogP contribution >= 0.6 is 24.8 Å². The van der Waals surface area contributed by atoms with Crippen molar-refractivity contribution >= 4 is 30.8 Å². The Kier molecular flexibility index (Phi) is 9.80. The van der Waals surface area contributed by atoms with Crippen molar-refractivity contribution in [1.29, 1.82) is 0 Å². The summed E-state index contributed by atoms with van der Waals surface area (Å²) in [5.41, 5.74) is 0.695. The van der Waals surface area contributed by atoms with Gasteiger partial charge < -0.3 is 9.47 Å². The molecule has 0 unspecified atom stereocenters. The molecule has 0 radical (unpaired) electrons. The number of ether oxygens (including phenoxy) is 2. The number of carbonyl (C=O) groups is 1. The van der Waals surface area contributed by atoms with Crippen molar-refractivity contribution in [3.8, 4) is 0 Å². The normalized spacial score (nSPS) is 20.0. The van der Waals surface area contributed by atoms with Gasteiger partial charge in [-0.3, -0.25) is 9.69 Å². The summed E-state index contributed by atoms with van der Waals surface area (Å²) in [4.78, 5) is 15.2. The molecule has 1 heterocycles. The van der Waals surface area contributed by atoms with E-state index in [-0.39, 0.29) is 30.8 Å². The molecule has 0 N–H and O–H groups in total. The zero-order valence-electron chi connectivity index (χ0n) is 14.7. The summed E-state index contributed by atoms with van der Waals surface area (Å²) in [6, 6.07) is 10.2. The summed E-state index contributed by atoms with van der Waals surface area (Å²) in [5, 5.41) is 0. The molecular formula is C19H29Cl2NO3. The van der Waals surface area contributed by atoms with E-state index in [9.17, 15) is 4.79 Å². The van der Waals surface area contributed by atoms with E-state index < -0.39 is 5.41 Å². The van der Waals surface area contributed by atoms with Gasteiger partial charge >= 0.3 is 5.97 Å². The maximum atomic E-state index is 12.9. The molecule has 0 amide bonds. The minimum atomic E-state index is -0.426. The molecule has 1 aliphatic heterocycles. The lowest BCUT2D eigenvalue weighted by atomic mass is 9.69. The Morgan fingerprint density at radius 2 is 1.68 bits per heavy atom. The van der Waals surface area contributed by atoms with Crippen LogP contribution in [0.3, 0.4) is 0 Å². The zero-order valence-corrected chi connectivity index (χ0v) is 16.3. The molecule has 0 spiro atoms. The predicted octanol–water partition coefficient (Wildman–Crippen LogP) is 3.61. The summed E-state index contributed by atoms with van der Waals surface area (Å²) in [5.74, 6) is -0.0309. The van der Waals surface area contributed by atoms with E-state index in [1.165, 1.54) is 6.42 Å². The summed E-state index contributed by atoms with van der Waals surface area (Å²) in [6.07, 6.45) is 5.25. The van der Waals surface area contributed by atoms with E-state index in [4.69, 9.17) is 9.47 Å². The molecule has 142 valence electrons. The smallest absolute Gasteiger partial charge is 0.316 e. The van der Waals surface area contributed by atoms with Gasteiger partial charge in [-0.05, 0) is 18.4 Å². The second kappa shape index (κ2) is 11.0. The first-order valence-electron chi connectivity index (χ1n) is 8.84. The van der Waals surface area contributed by atoms with Gasteiger partial charge in [-0.2, -0.15) is 0 Å². The molecule has 1 saturated carbocycles. The van der Waals surface area contributed by atoms with Gasteiger partial charge in [-0.15, -0.1) is 24.8 Å². The van der Waals surface area contributed by atoms with E-state index in [0.29, 0.717) is 6.61 Å². The summed E-state index contributed by atoms with van der Waals surface area (Å²) >= 11 is 0. The largest absolute Gasteiger partial charge is 0.464 e. The molecule has 4 nitrogen and oxygen atoms in total. The van der Waals surface area contributed by atoms with Gasteiger partial charge in [0.2, 0.25) is 0 Å². The van der Waals surface area contributed by atoms with E-state index in [2.05, 4.69) is 17.0 Å².